The standard InChI is InChI=1S/C15H23BrN6S/c1-11-8-12(2)22(19-11)7-5-6-17-15(23)20(3)10-14-13(16)9-18-21(14)4/h8-9H,5-7,10H2,1-4H3,(H,17,23). The van der Waals surface area contributed by atoms with Crippen LogP contribution < -0.4 is 5.32 Å². The van der Waals surface area contributed by atoms with Crippen LogP contribution in [0.5, 0.6) is 0 Å². The van der Waals surface area contributed by atoms with Gasteiger partial charge in [-0.3, -0.25) is 9.36 Å². The SMILES string of the molecule is Cc1cc(C)n(CCCNC(=S)N(C)Cc2c(Br)cnn2C)n1. The molecule has 0 aliphatic heterocycles. The summed E-state index contributed by atoms with van der Waals surface area (Å²) in [6.07, 6.45) is 2.78. The summed E-state index contributed by atoms with van der Waals surface area (Å²) in [5.41, 5.74) is 3.36. The smallest absolute Gasteiger partial charge is 0.169 e. The van der Waals surface area contributed by atoms with Crippen molar-refractivity contribution in [3.05, 3.63) is 33.8 Å². The molecule has 2 rings (SSSR count). The van der Waals surface area contributed by atoms with Crippen molar-refractivity contribution in [1.29, 1.82) is 0 Å². The molecule has 0 bridgehead atoms. The molecule has 2 aromatic heterocycles. The first-order chi connectivity index (χ1) is 10.9. The lowest BCUT2D eigenvalue weighted by molar-refractivity contribution is 0.461. The van der Waals surface area contributed by atoms with Crippen molar-refractivity contribution in [2.75, 3.05) is 13.6 Å². The minimum atomic E-state index is 0.709. The van der Waals surface area contributed by atoms with E-state index in [4.69, 9.17) is 12.2 Å². The summed E-state index contributed by atoms with van der Waals surface area (Å²) in [5, 5.41) is 12.7. The number of rotatable bonds is 6. The highest BCUT2D eigenvalue weighted by Crippen LogP contribution is 2.16. The van der Waals surface area contributed by atoms with Gasteiger partial charge in [-0.1, -0.05) is 0 Å². The zero-order chi connectivity index (χ0) is 17.0. The van der Waals surface area contributed by atoms with E-state index in [1.807, 2.05) is 35.3 Å². The summed E-state index contributed by atoms with van der Waals surface area (Å²) in [6.45, 7) is 6.53. The Kier molecular flexibility index (Phi) is 6.17. The van der Waals surface area contributed by atoms with E-state index in [0.717, 1.165) is 40.5 Å². The summed E-state index contributed by atoms with van der Waals surface area (Å²) in [5.74, 6) is 0. The van der Waals surface area contributed by atoms with Crippen molar-refractivity contribution >= 4 is 33.3 Å². The topological polar surface area (TPSA) is 50.9 Å². The average Bonchev–Trinajstić information content (AvgIpc) is 2.98. The van der Waals surface area contributed by atoms with Crippen LogP contribution in [0.2, 0.25) is 0 Å². The van der Waals surface area contributed by atoms with Crippen LogP contribution in [0.15, 0.2) is 16.7 Å². The fourth-order valence-corrected chi connectivity index (χ4v) is 3.01. The normalized spacial score (nSPS) is 10.8. The molecule has 6 nitrogen and oxygen atoms in total. The molecule has 2 heterocycles. The number of halogens is 1. The van der Waals surface area contributed by atoms with E-state index in [2.05, 4.69) is 44.4 Å². The molecule has 0 atom stereocenters. The molecule has 1 N–H and O–H groups in total. The number of hydrogen-bond donors (Lipinski definition) is 1. The molecular formula is C15H23BrN6S. The highest BCUT2D eigenvalue weighted by molar-refractivity contribution is 9.10. The quantitative estimate of drug-likeness (QED) is 0.597. The summed E-state index contributed by atoms with van der Waals surface area (Å²) >= 11 is 8.95. The van der Waals surface area contributed by atoms with Crippen LogP contribution >= 0.6 is 28.1 Å². The molecule has 0 aromatic carbocycles. The number of hydrogen-bond acceptors (Lipinski definition) is 3. The van der Waals surface area contributed by atoms with Crippen LogP contribution in [0.3, 0.4) is 0 Å². The van der Waals surface area contributed by atoms with Crippen LogP contribution in [0.25, 0.3) is 0 Å². The number of nitrogens with one attached hydrogen (secondary N) is 1. The first-order valence-electron chi connectivity index (χ1n) is 7.55. The fraction of sp³-hybridized carbons (Fsp3) is 0.533. The van der Waals surface area contributed by atoms with Gasteiger partial charge in [-0.15, -0.1) is 0 Å². The lowest BCUT2D eigenvalue weighted by Gasteiger charge is -2.21. The van der Waals surface area contributed by atoms with Gasteiger partial charge >= 0.3 is 0 Å². The molecule has 126 valence electrons. The third kappa shape index (κ3) is 4.78. The monoisotopic (exact) mass is 398 g/mol. The van der Waals surface area contributed by atoms with Crippen LogP contribution in [0, 0.1) is 13.8 Å². The average molecular weight is 399 g/mol. The Labute approximate surface area is 151 Å². The molecule has 0 aliphatic carbocycles. The maximum Gasteiger partial charge on any atom is 0.169 e. The molecule has 0 unspecified atom stereocenters. The Morgan fingerprint density at radius 2 is 2.17 bits per heavy atom. The number of nitrogens with zero attached hydrogens (tertiary/aromatic N) is 5. The van der Waals surface area contributed by atoms with E-state index in [0.29, 0.717) is 6.54 Å². The fourth-order valence-electron chi connectivity index (χ4n) is 2.37. The molecule has 0 saturated carbocycles. The van der Waals surface area contributed by atoms with E-state index >= 15 is 0 Å². The Morgan fingerprint density at radius 3 is 2.74 bits per heavy atom. The maximum atomic E-state index is 5.44. The first-order valence-corrected chi connectivity index (χ1v) is 8.75. The predicted molar refractivity (Wildman–Crippen MR) is 99.3 cm³/mol. The van der Waals surface area contributed by atoms with Crippen LogP contribution in [-0.2, 0) is 20.1 Å². The van der Waals surface area contributed by atoms with Gasteiger partial charge in [0.25, 0.3) is 0 Å². The lowest BCUT2D eigenvalue weighted by Crippen LogP contribution is -2.37. The molecule has 0 radical (unpaired) electrons. The molecular weight excluding hydrogens is 376 g/mol. The first kappa shape index (κ1) is 17.9. The molecule has 8 heteroatoms. The van der Waals surface area contributed by atoms with Crippen LogP contribution in [-0.4, -0.2) is 43.2 Å². The van der Waals surface area contributed by atoms with E-state index in [1.54, 1.807) is 6.20 Å². The zero-order valence-electron chi connectivity index (χ0n) is 14.0. The number of aryl methyl sites for hydroxylation is 4. The van der Waals surface area contributed by atoms with Gasteiger partial charge in [0.15, 0.2) is 5.11 Å². The summed E-state index contributed by atoms with van der Waals surface area (Å²) in [4.78, 5) is 2.01. The zero-order valence-corrected chi connectivity index (χ0v) is 16.4. The summed E-state index contributed by atoms with van der Waals surface area (Å²) < 4.78 is 4.89. The molecule has 0 aliphatic rings. The van der Waals surface area contributed by atoms with Crippen molar-refractivity contribution < 1.29 is 0 Å². The second-order valence-corrected chi connectivity index (χ2v) is 6.90. The van der Waals surface area contributed by atoms with Gasteiger partial charge in [-0.2, -0.15) is 10.2 Å². The molecule has 0 saturated heterocycles. The van der Waals surface area contributed by atoms with Crippen molar-refractivity contribution in [2.45, 2.75) is 33.4 Å². The van der Waals surface area contributed by atoms with Gasteiger partial charge in [-0.05, 0) is 54.5 Å². The summed E-state index contributed by atoms with van der Waals surface area (Å²) in [7, 11) is 3.91. The highest BCUT2D eigenvalue weighted by Gasteiger charge is 2.11. The van der Waals surface area contributed by atoms with Gasteiger partial charge in [0, 0.05) is 32.9 Å². The van der Waals surface area contributed by atoms with Crippen molar-refractivity contribution in [3.8, 4) is 0 Å². The van der Waals surface area contributed by atoms with E-state index < -0.39 is 0 Å². The maximum absolute atomic E-state index is 5.44. The molecule has 0 fully saturated rings. The molecule has 2 aromatic rings. The van der Waals surface area contributed by atoms with Crippen molar-refractivity contribution in [3.63, 3.8) is 0 Å². The van der Waals surface area contributed by atoms with E-state index in [-0.39, 0.29) is 0 Å². The predicted octanol–water partition coefficient (Wildman–Crippen LogP) is 2.39. The van der Waals surface area contributed by atoms with E-state index in [9.17, 15) is 0 Å². The number of thiocarbonyl (C=S) groups is 1. The minimum absolute atomic E-state index is 0.709. The molecule has 23 heavy (non-hydrogen) atoms. The number of aromatic nitrogens is 4. The minimum Gasteiger partial charge on any atom is -0.362 e. The van der Waals surface area contributed by atoms with E-state index in [1.165, 1.54) is 5.69 Å². The molecule has 0 spiro atoms. The highest BCUT2D eigenvalue weighted by atomic mass is 79.9. The Morgan fingerprint density at radius 1 is 1.43 bits per heavy atom. The largest absolute Gasteiger partial charge is 0.362 e. The second-order valence-electron chi connectivity index (χ2n) is 5.65. The second kappa shape index (κ2) is 7.92. The van der Waals surface area contributed by atoms with Gasteiger partial charge in [0.1, 0.15) is 0 Å². The van der Waals surface area contributed by atoms with Crippen molar-refractivity contribution in [1.82, 2.24) is 29.8 Å². The molecule has 0 amide bonds. The van der Waals surface area contributed by atoms with Crippen molar-refractivity contribution in [2.24, 2.45) is 7.05 Å². The Balaban J connectivity index is 1.75. The van der Waals surface area contributed by atoms with Gasteiger partial charge < -0.3 is 10.2 Å². The third-order valence-corrected chi connectivity index (χ3v) is 4.79. The van der Waals surface area contributed by atoms with Gasteiger partial charge in [-0.25, -0.2) is 0 Å². The Hall–Kier alpha value is -1.41. The van der Waals surface area contributed by atoms with Gasteiger partial charge in [0.2, 0.25) is 0 Å². The van der Waals surface area contributed by atoms with Crippen LogP contribution in [0.4, 0.5) is 0 Å². The van der Waals surface area contributed by atoms with Crippen LogP contribution in [0.1, 0.15) is 23.5 Å². The lowest BCUT2D eigenvalue weighted by atomic mass is 10.4. The Bertz CT molecular complexity index is 658. The third-order valence-electron chi connectivity index (χ3n) is 3.67. The summed E-state index contributed by atoms with van der Waals surface area (Å²) in [6, 6.07) is 2.09. The van der Waals surface area contributed by atoms with Gasteiger partial charge in [0.05, 0.1) is 28.6 Å².